The van der Waals surface area contributed by atoms with Crippen molar-refractivity contribution in [1.29, 1.82) is 0 Å². The zero-order valence-corrected chi connectivity index (χ0v) is 11.6. The van der Waals surface area contributed by atoms with Crippen molar-refractivity contribution in [2.45, 2.75) is 0 Å². The van der Waals surface area contributed by atoms with Crippen molar-refractivity contribution in [3.8, 4) is 0 Å². The van der Waals surface area contributed by atoms with E-state index in [1.807, 2.05) is 109 Å². The molecule has 0 bridgehead atoms. The molecule has 0 spiro atoms. The van der Waals surface area contributed by atoms with Gasteiger partial charge < -0.3 is 0 Å². The first-order chi connectivity index (χ1) is 9.00. The third-order valence-electron chi connectivity index (χ3n) is 2.00. The first-order valence-electron chi connectivity index (χ1n) is 6.00. The molecule has 0 N–H and O–H groups in total. The van der Waals surface area contributed by atoms with Crippen molar-refractivity contribution in [2.75, 3.05) is 0 Å². The summed E-state index contributed by atoms with van der Waals surface area (Å²) in [5, 5.41) is 0. The molecule has 0 amide bonds. The van der Waals surface area contributed by atoms with Crippen LogP contribution in [0.15, 0.2) is 109 Å². The van der Waals surface area contributed by atoms with Gasteiger partial charge in [-0.15, -0.1) is 12.4 Å². The predicted octanol–water partition coefficient (Wildman–Crippen LogP) is 2.89. The van der Waals surface area contributed by atoms with Crippen LogP contribution < -0.4 is 0 Å². The van der Waals surface area contributed by atoms with E-state index in [0.717, 1.165) is 0 Å². The van der Waals surface area contributed by atoms with Gasteiger partial charge >= 0.3 is 118 Å². The number of hydrogen-bond donors (Lipinski definition) is 0. The Morgan fingerprint density at radius 3 is 0.261 bits per heavy atom. The first-order valence-corrected chi connectivity index (χ1v) is 6.00. The maximum atomic E-state index is 2.00. The molecule has 0 aliphatic heterocycles. The Labute approximate surface area is 235 Å². The Hall–Kier alpha value is 1.95. The molecule has 0 radical (unpaired) electrons. The molecule has 0 saturated heterocycles. The van der Waals surface area contributed by atoms with E-state index in [4.69, 9.17) is 0 Å². The number of hydrogen-bond acceptors (Lipinski definition) is 0. The first kappa shape index (κ1) is 36.0. The van der Waals surface area contributed by atoms with Gasteiger partial charge in [0, 0.05) is 0 Å². The molecule has 5 heteroatoms. The van der Waals surface area contributed by atoms with E-state index in [0.29, 0.717) is 0 Å². The van der Waals surface area contributed by atoms with Crippen LogP contribution >= 0.6 is 12.4 Å². The van der Waals surface area contributed by atoms with Gasteiger partial charge in [0.1, 0.15) is 0 Å². The van der Waals surface area contributed by atoms with Gasteiger partial charge in [0.2, 0.25) is 0 Å². The molecule has 0 aliphatic carbocycles. The minimum absolute atomic E-state index is 0. The summed E-state index contributed by atoms with van der Waals surface area (Å²) in [6.07, 6.45) is 0. The molecular weight excluding hydrogens is 344 g/mol. The van der Waals surface area contributed by atoms with E-state index in [1.165, 1.54) is 0 Å². The van der Waals surface area contributed by atoms with E-state index in [9.17, 15) is 0 Å². The monoisotopic (exact) mass is 366 g/mol. The van der Waals surface area contributed by atoms with Crippen molar-refractivity contribution < 1.29 is 0 Å². The zero-order valence-electron chi connectivity index (χ0n) is 10.8. The summed E-state index contributed by atoms with van der Waals surface area (Å²) in [5.41, 5.74) is 0. The SMILES string of the molecule is Cl.[NaH].[NaH].[NaH].[NaH].c1ccccc1.c1ccccc1.c1ccccc1. The van der Waals surface area contributed by atoms with E-state index >= 15 is 0 Å². The van der Waals surface area contributed by atoms with Crippen molar-refractivity contribution >= 4 is 131 Å². The van der Waals surface area contributed by atoms with Crippen molar-refractivity contribution in [3.63, 3.8) is 0 Å². The standard InChI is InChI=1S/3C6H6.ClH.4Na.4H/c3*1-2-4-6-5-3-1;;;;;;;;;/h3*1-6H;1H;;;;;;;;. The second-order valence-electron chi connectivity index (χ2n) is 3.46. The zero-order chi connectivity index (χ0) is 12.7. The fourth-order valence-corrected chi connectivity index (χ4v) is 1.15. The molecule has 0 heterocycles. The molecule has 23 heavy (non-hydrogen) atoms. The summed E-state index contributed by atoms with van der Waals surface area (Å²) < 4.78 is 0. The molecule has 106 valence electrons. The fourth-order valence-electron chi connectivity index (χ4n) is 1.15. The molecule has 0 aliphatic rings. The minimum Gasteiger partial charge on any atom is -0.0623 e. The van der Waals surface area contributed by atoms with Crippen LogP contribution in [0.25, 0.3) is 0 Å². The van der Waals surface area contributed by atoms with Crippen molar-refractivity contribution in [2.24, 2.45) is 0 Å². The van der Waals surface area contributed by atoms with Crippen LogP contribution in [0.4, 0.5) is 0 Å². The molecule has 3 aromatic carbocycles. The second-order valence-corrected chi connectivity index (χ2v) is 3.46. The molecular formula is C18H23ClNa4. The smallest absolute Gasteiger partial charge is 0.0623 e. The van der Waals surface area contributed by atoms with Crippen LogP contribution in [0.2, 0.25) is 0 Å². The quantitative estimate of drug-likeness (QED) is 0.537. The summed E-state index contributed by atoms with van der Waals surface area (Å²) in [4.78, 5) is 0. The molecule has 0 aromatic heterocycles. The summed E-state index contributed by atoms with van der Waals surface area (Å²) in [6, 6.07) is 36.0. The van der Waals surface area contributed by atoms with Gasteiger partial charge in [-0.05, 0) is 0 Å². The predicted molar refractivity (Wildman–Crippen MR) is 115 cm³/mol. The maximum Gasteiger partial charge on any atom is -0.0623 e. The Bertz CT molecular complexity index is 312. The van der Waals surface area contributed by atoms with Crippen LogP contribution in [-0.2, 0) is 0 Å². The van der Waals surface area contributed by atoms with Crippen molar-refractivity contribution in [3.05, 3.63) is 109 Å². The molecule has 0 nitrogen and oxygen atoms in total. The Morgan fingerprint density at radius 1 is 0.174 bits per heavy atom. The molecule has 3 rings (SSSR count). The van der Waals surface area contributed by atoms with Gasteiger partial charge in [0.25, 0.3) is 0 Å². The molecule has 0 saturated carbocycles. The van der Waals surface area contributed by atoms with E-state index in [1.54, 1.807) is 0 Å². The average molecular weight is 367 g/mol. The maximum absolute atomic E-state index is 2.00. The third-order valence-corrected chi connectivity index (χ3v) is 2.00. The van der Waals surface area contributed by atoms with E-state index in [2.05, 4.69) is 0 Å². The van der Waals surface area contributed by atoms with E-state index in [-0.39, 0.29) is 131 Å². The van der Waals surface area contributed by atoms with Gasteiger partial charge in [-0.25, -0.2) is 0 Å². The van der Waals surface area contributed by atoms with Crippen LogP contribution in [0, 0.1) is 0 Å². The van der Waals surface area contributed by atoms with Crippen LogP contribution in [0.3, 0.4) is 0 Å². The Morgan fingerprint density at radius 2 is 0.217 bits per heavy atom. The fraction of sp³-hybridized carbons (Fsp3) is 0. The molecule has 0 fully saturated rings. The number of halogens is 1. The number of benzene rings is 3. The summed E-state index contributed by atoms with van der Waals surface area (Å²) in [7, 11) is 0. The molecule has 0 unspecified atom stereocenters. The Kier molecular flexibility index (Phi) is 49.6. The van der Waals surface area contributed by atoms with Crippen LogP contribution in [-0.4, -0.2) is 118 Å². The third kappa shape index (κ3) is 29.0. The van der Waals surface area contributed by atoms with Gasteiger partial charge in [0.05, 0.1) is 0 Å². The molecule has 0 atom stereocenters. The van der Waals surface area contributed by atoms with Crippen LogP contribution in [0.5, 0.6) is 0 Å². The summed E-state index contributed by atoms with van der Waals surface area (Å²) >= 11 is 0. The Balaban J connectivity index is -0.0000000635. The second kappa shape index (κ2) is 31.7. The van der Waals surface area contributed by atoms with Gasteiger partial charge in [0.15, 0.2) is 0 Å². The average Bonchev–Trinajstić information content (AvgIpc) is 2.54. The summed E-state index contributed by atoms with van der Waals surface area (Å²) in [5.74, 6) is 0. The van der Waals surface area contributed by atoms with Gasteiger partial charge in [-0.2, -0.15) is 0 Å². The minimum atomic E-state index is 0. The normalized spacial score (nSPS) is 6.26. The van der Waals surface area contributed by atoms with Crippen LogP contribution in [0.1, 0.15) is 0 Å². The largest absolute Gasteiger partial charge is 0.0623 e. The number of rotatable bonds is 0. The van der Waals surface area contributed by atoms with E-state index < -0.39 is 0 Å². The van der Waals surface area contributed by atoms with Gasteiger partial charge in [-0.1, -0.05) is 109 Å². The topological polar surface area (TPSA) is 0 Å². The van der Waals surface area contributed by atoms with Gasteiger partial charge in [-0.3, -0.25) is 0 Å². The molecule has 3 aromatic rings. The van der Waals surface area contributed by atoms with Crippen molar-refractivity contribution in [1.82, 2.24) is 0 Å². The summed E-state index contributed by atoms with van der Waals surface area (Å²) in [6.45, 7) is 0.